The Morgan fingerprint density at radius 1 is 1.07 bits per heavy atom. The molecule has 1 aromatic carbocycles. The minimum absolute atomic E-state index is 0.135. The molecule has 9 heteroatoms. The zero-order valence-corrected chi connectivity index (χ0v) is 15.6. The van der Waals surface area contributed by atoms with Gasteiger partial charge in [0.1, 0.15) is 11.6 Å². The van der Waals surface area contributed by atoms with Crippen molar-refractivity contribution in [1.29, 1.82) is 0 Å². The molecule has 0 aliphatic carbocycles. The van der Waals surface area contributed by atoms with Crippen molar-refractivity contribution in [2.45, 2.75) is 51.7 Å². The Hall–Kier alpha value is -3.10. The van der Waals surface area contributed by atoms with Crippen molar-refractivity contribution in [2.24, 2.45) is 5.73 Å². The molecule has 0 heterocycles. The molecule has 4 N–H and O–H groups in total. The Bertz CT molecular complexity index is 669. The van der Waals surface area contributed by atoms with Gasteiger partial charge in [-0.3, -0.25) is 9.59 Å². The van der Waals surface area contributed by atoms with Gasteiger partial charge in [-0.1, -0.05) is 30.3 Å². The normalized spacial score (nSPS) is 11.8. The fourth-order valence-electron chi connectivity index (χ4n) is 1.96. The quantitative estimate of drug-likeness (QED) is 0.604. The van der Waals surface area contributed by atoms with Gasteiger partial charge >= 0.3 is 12.1 Å². The van der Waals surface area contributed by atoms with Gasteiger partial charge in [0.25, 0.3) is 5.91 Å². The maximum Gasteiger partial charge on any atom is 0.408 e. The van der Waals surface area contributed by atoms with Crippen LogP contribution in [0.1, 0.15) is 39.2 Å². The second-order valence-corrected chi connectivity index (χ2v) is 6.80. The number of ether oxygens (including phenoxy) is 1. The highest BCUT2D eigenvalue weighted by atomic mass is 16.7. The molecule has 0 spiro atoms. The first-order valence-electron chi connectivity index (χ1n) is 8.38. The number of hydrogen-bond donors (Lipinski definition) is 3. The smallest absolute Gasteiger partial charge is 0.408 e. The molecule has 0 saturated heterocycles. The number of nitrogens with one attached hydrogen (secondary N) is 2. The van der Waals surface area contributed by atoms with Crippen LogP contribution < -0.4 is 16.5 Å². The van der Waals surface area contributed by atoms with E-state index in [1.807, 2.05) is 11.5 Å². The van der Waals surface area contributed by atoms with E-state index in [1.54, 1.807) is 45.0 Å². The molecule has 27 heavy (non-hydrogen) atoms. The number of alkyl carbamates (subject to hydrolysis) is 1. The molecular weight excluding hydrogens is 354 g/mol. The fraction of sp³-hybridized carbons (Fsp3) is 0.444. The zero-order valence-electron chi connectivity index (χ0n) is 15.6. The molecule has 0 aliphatic rings. The first-order chi connectivity index (χ1) is 12.6. The molecule has 148 valence electrons. The number of carbonyl (C=O) groups is 4. The molecule has 0 unspecified atom stereocenters. The third kappa shape index (κ3) is 9.83. The maximum absolute atomic E-state index is 12.3. The van der Waals surface area contributed by atoms with Crippen LogP contribution in [0, 0.1) is 0 Å². The SMILES string of the molecule is CC(C)(C)OC(=O)N[C@@H](Cc1ccccc1)C(=O)ONC(=O)CCC(N)=O. The average Bonchev–Trinajstić information content (AvgIpc) is 2.56. The van der Waals surface area contributed by atoms with E-state index < -0.39 is 35.5 Å². The van der Waals surface area contributed by atoms with Crippen molar-refractivity contribution < 1.29 is 28.8 Å². The van der Waals surface area contributed by atoms with E-state index >= 15 is 0 Å². The van der Waals surface area contributed by atoms with Crippen LogP contribution in [-0.2, 0) is 30.4 Å². The summed E-state index contributed by atoms with van der Waals surface area (Å²) in [5, 5.41) is 2.43. The van der Waals surface area contributed by atoms with Crippen molar-refractivity contribution in [1.82, 2.24) is 10.8 Å². The van der Waals surface area contributed by atoms with E-state index in [9.17, 15) is 19.2 Å². The van der Waals surface area contributed by atoms with Gasteiger partial charge in [0.15, 0.2) is 0 Å². The highest BCUT2D eigenvalue weighted by Crippen LogP contribution is 2.09. The summed E-state index contributed by atoms with van der Waals surface area (Å²) in [5.74, 6) is -2.21. The number of rotatable bonds is 7. The summed E-state index contributed by atoms with van der Waals surface area (Å²) in [4.78, 5) is 51.2. The molecule has 0 radical (unpaired) electrons. The lowest BCUT2D eigenvalue weighted by Crippen LogP contribution is -2.47. The largest absolute Gasteiger partial charge is 0.444 e. The molecule has 1 atom stereocenters. The summed E-state index contributed by atoms with van der Waals surface area (Å²) in [5.41, 5.74) is 6.92. The molecule has 0 aliphatic heterocycles. The molecule has 1 aromatic rings. The Kier molecular flexibility index (Phi) is 8.25. The zero-order chi connectivity index (χ0) is 20.4. The topological polar surface area (TPSA) is 137 Å². The van der Waals surface area contributed by atoms with E-state index in [2.05, 4.69) is 5.32 Å². The highest BCUT2D eigenvalue weighted by Gasteiger charge is 2.26. The first-order valence-corrected chi connectivity index (χ1v) is 8.38. The Morgan fingerprint density at radius 3 is 2.26 bits per heavy atom. The van der Waals surface area contributed by atoms with E-state index in [4.69, 9.17) is 15.3 Å². The van der Waals surface area contributed by atoms with Crippen LogP contribution in [0.3, 0.4) is 0 Å². The predicted octanol–water partition coefficient (Wildman–Crippen LogP) is 0.962. The number of hydrogen-bond acceptors (Lipinski definition) is 6. The lowest BCUT2D eigenvalue weighted by Gasteiger charge is -2.22. The molecule has 0 saturated carbocycles. The Morgan fingerprint density at radius 2 is 1.70 bits per heavy atom. The number of carbonyl (C=O) groups excluding carboxylic acids is 4. The Labute approximate surface area is 157 Å². The van der Waals surface area contributed by atoms with Crippen molar-refractivity contribution in [3.8, 4) is 0 Å². The van der Waals surface area contributed by atoms with Gasteiger partial charge in [-0.15, -0.1) is 0 Å². The van der Waals surface area contributed by atoms with E-state index in [0.29, 0.717) is 0 Å². The van der Waals surface area contributed by atoms with Gasteiger partial charge < -0.3 is 20.6 Å². The minimum Gasteiger partial charge on any atom is -0.444 e. The molecular formula is C18H25N3O6. The van der Waals surface area contributed by atoms with Crippen LogP contribution >= 0.6 is 0 Å². The second-order valence-electron chi connectivity index (χ2n) is 6.80. The van der Waals surface area contributed by atoms with E-state index in [0.717, 1.165) is 5.56 Å². The predicted molar refractivity (Wildman–Crippen MR) is 96.0 cm³/mol. The summed E-state index contributed by atoms with van der Waals surface area (Å²) < 4.78 is 5.15. The molecule has 3 amide bonds. The number of benzene rings is 1. The first kappa shape index (κ1) is 21.9. The summed E-state index contributed by atoms with van der Waals surface area (Å²) in [6, 6.07) is 7.87. The van der Waals surface area contributed by atoms with E-state index in [-0.39, 0.29) is 19.3 Å². The standard InChI is InChI=1S/C18H25N3O6/c1-18(2,3)26-17(25)20-13(11-12-7-5-4-6-8-12)16(24)27-21-15(23)10-9-14(19)22/h4-8,13H,9-11H2,1-3H3,(H2,19,22)(H,20,25)(H,21,23)/t13-/m0/s1. The second kappa shape index (κ2) is 10.1. The molecule has 0 bridgehead atoms. The van der Waals surface area contributed by atoms with Crippen LogP contribution in [0.5, 0.6) is 0 Å². The van der Waals surface area contributed by atoms with Gasteiger partial charge in [-0.25, -0.2) is 9.59 Å². The molecule has 0 fully saturated rings. The highest BCUT2D eigenvalue weighted by molar-refractivity contribution is 5.85. The lowest BCUT2D eigenvalue weighted by molar-refractivity contribution is -0.160. The summed E-state index contributed by atoms with van der Waals surface area (Å²) in [7, 11) is 0. The summed E-state index contributed by atoms with van der Waals surface area (Å²) in [6.07, 6.45) is -1.05. The number of nitrogens with two attached hydrogens (primary N) is 1. The number of hydroxylamine groups is 1. The van der Waals surface area contributed by atoms with Crippen LogP contribution in [0.4, 0.5) is 4.79 Å². The third-order valence-corrected chi connectivity index (χ3v) is 3.12. The monoisotopic (exact) mass is 379 g/mol. The van der Waals surface area contributed by atoms with Crippen molar-refractivity contribution in [3.63, 3.8) is 0 Å². The van der Waals surface area contributed by atoms with Crippen molar-refractivity contribution >= 4 is 23.9 Å². The van der Waals surface area contributed by atoms with Crippen LogP contribution in [0.15, 0.2) is 30.3 Å². The van der Waals surface area contributed by atoms with Crippen molar-refractivity contribution in [3.05, 3.63) is 35.9 Å². The summed E-state index contributed by atoms with van der Waals surface area (Å²) in [6.45, 7) is 5.07. The van der Waals surface area contributed by atoms with Crippen LogP contribution in [-0.4, -0.2) is 35.5 Å². The van der Waals surface area contributed by atoms with Gasteiger partial charge in [-0.05, 0) is 26.3 Å². The Balaban J connectivity index is 2.71. The van der Waals surface area contributed by atoms with Crippen LogP contribution in [0.25, 0.3) is 0 Å². The molecule has 1 rings (SSSR count). The van der Waals surface area contributed by atoms with Gasteiger partial charge in [-0.2, -0.15) is 5.48 Å². The summed E-state index contributed by atoms with van der Waals surface area (Å²) >= 11 is 0. The molecule has 0 aromatic heterocycles. The molecule has 9 nitrogen and oxygen atoms in total. The van der Waals surface area contributed by atoms with E-state index in [1.165, 1.54) is 0 Å². The van der Waals surface area contributed by atoms with Crippen LogP contribution in [0.2, 0.25) is 0 Å². The maximum atomic E-state index is 12.3. The average molecular weight is 379 g/mol. The fourth-order valence-corrected chi connectivity index (χ4v) is 1.96. The van der Waals surface area contributed by atoms with Gasteiger partial charge in [0.05, 0.1) is 0 Å². The van der Waals surface area contributed by atoms with Crippen molar-refractivity contribution in [2.75, 3.05) is 0 Å². The van der Waals surface area contributed by atoms with Gasteiger partial charge in [0, 0.05) is 19.3 Å². The number of primary amides is 1. The minimum atomic E-state index is -1.08. The van der Waals surface area contributed by atoms with Gasteiger partial charge in [0.2, 0.25) is 5.91 Å². The lowest BCUT2D eigenvalue weighted by atomic mass is 10.1. The number of amides is 3. The third-order valence-electron chi connectivity index (χ3n) is 3.12.